The van der Waals surface area contributed by atoms with E-state index in [0.717, 1.165) is 5.56 Å². The van der Waals surface area contributed by atoms with Crippen LogP contribution in [0.15, 0.2) is 46.3 Å². The van der Waals surface area contributed by atoms with Crippen molar-refractivity contribution in [3.05, 3.63) is 57.3 Å². The molecule has 0 unspecified atom stereocenters. The fourth-order valence-electron chi connectivity index (χ4n) is 3.37. The fraction of sp³-hybridized carbons (Fsp3) is 0.375. The molecule has 0 aliphatic carbocycles. The van der Waals surface area contributed by atoms with Crippen LogP contribution in [-0.4, -0.2) is 42.0 Å². The molecule has 0 spiro atoms. The first-order valence-electron chi connectivity index (χ1n) is 10.6. The molecule has 0 aliphatic rings. The van der Waals surface area contributed by atoms with Gasteiger partial charge in [-0.05, 0) is 48.2 Å². The highest BCUT2D eigenvalue weighted by Gasteiger charge is 2.15. The minimum absolute atomic E-state index is 0.123. The van der Waals surface area contributed by atoms with Crippen LogP contribution in [0.1, 0.15) is 19.4 Å². The van der Waals surface area contributed by atoms with E-state index < -0.39 is 0 Å². The monoisotopic (exact) mass is 489 g/mol. The second-order valence-electron chi connectivity index (χ2n) is 7.94. The van der Waals surface area contributed by atoms with Gasteiger partial charge in [0.25, 0.3) is 5.56 Å². The van der Waals surface area contributed by atoms with Gasteiger partial charge < -0.3 is 14.8 Å². The Hall–Kier alpha value is -2.71. The smallest absolute Gasteiger partial charge is 0.262 e. The van der Waals surface area contributed by atoms with Crippen LogP contribution in [-0.2, 0) is 17.8 Å². The molecule has 0 atom stereocenters. The lowest BCUT2D eigenvalue weighted by molar-refractivity contribution is -0.118. The van der Waals surface area contributed by atoms with Crippen molar-refractivity contribution >= 4 is 40.2 Å². The molecule has 7 nitrogen and oxygen atoms in total. The molecule has 0 saturated heterocycles. The molecule has 1 aromatic heterocycles. The summed E-state index contributed by atoms with van der Waals surface area (Å²) in [6.45, 7) is 5.06. The van der Waals surface area contributed by atoms with E-state index in [4.69, 9.17) is 21.1 Å². The molecule has 3 aromatic rings. The van der Waals surface area contributed by atoms with Crippen LogP contribution in [0.4, 0.5) is 0 Å². The molecule has 1 heterocycles. The predicted octanol–water partition coefficient (Wildman–Crippen LogP) is 4.17. The number of carbonyl (C=O) groups excluding carboxylic acids is 1. The van der Waals surface area contributed by atoms with E-state index in [1.807, 2.05) is 32.0 Å². The van der Waals surface area contributed by atoms with Crippen molar-refractivity contribution in [2.45, 2.75) is 32.0 Å². The average Bonchev–Trinajstić information content (AvgIpc) is 2.79. The minimum atomic E-state index is -0.146. The number of hydrogen-bond acceptors (Lipinski definition) is 6. The van der Waals surface area contributed by atoms with E-state index in [1.54, 1.807) is 37.0 Å². The van der Waals surface area contributed by atoms with Gasteiger partial charge in [-0.15, -0.1) is 0 Å². The summed E-state index contributed by atoms with van der Waals surface area (Å²) in [5.41, 5.74) is 1.45. The van der Waals surface area contributed by atoms with Gasteiger partial charge in [-0.2, -0.15) is 0 Å². The second-order valence-corrected chi connectivity index (χ2v) is 9.32. The molecule has 9 heteroatoms. The van der Waals surface area contributed by atoms with Crippen molar-refractivity contribution in [2.24, 2.45) is 5.92 Å². The Bertz CT molecular complexity index is 1200. The van der Waals surface area contributed by atoms with Crippen LogP contribution in [0.25, 0.3) is 10.9 Å². The molecule has 0 fully saturated rings. The molecule has 0 saturated carbocycles. The predicted molar refractivity (Wildman–Crippen MR) is 133 cm³/mol. The molecule has 2 aromatic carbocycles. The summed E-state index contributed by atoms with van der Waals surface area (Å²) < 4.78 is 12.2. The summed E-state index contributed by atoms with van der Waals surface area (Å²) >= 11 is 7.33. The summed E-state index contributed by atoms with van der Waals surface area (Å²) in [6.07, 6.45) is 0.657. The average molecular weight is 490 g/mol. The van der Waals surface area contributed by atoms with Gasteiger partial charge >= 0.3 is 0 Å². The van der Waals surface area contributed by atoms with Crippen molar-refractivity contribution in [2.75, 3.05) is 26.5 Å². The Balaban J connectivity index is 1.65. The number of benzene rings is 2. The van der Waals surface area contributed by atoms with E-state index >= 15 is 0 Å². The van der Waals surface area contributed by atoms with Crippen molar-refractivity contribution in [3.63, 3.8) is 0 Å². The molecule has 3 rings (SSSR count). The summed E-state index contributed by atoms with van der Waals surface area (Å²) in [4.78, 5) is 30.1. The Kier molecular flexibility index (Phi) is 8.63. The minimum Gasteiger partial charge on any atom is -0.493 e. The second kappa shape index (κ2) is 11.4. The van der Waals surface area contributed by atoms with E-state index in [0.29, 0.717) is 52.1 Å². The quantitative estimate of drug-likeness (QED) is 0.340. The molecule has 0 aliphatic heterocycles. The largest absolute Gasteiger partial charge is 0.493 e. The van der Waals surface area contributed by atoms with Crippen LogP contribution in [0.3, 0.4) is 0 Å². The van der Waals surface area contributed by atoms with Gasteiger partial charge in [0.15, 0.2) is 16.7 Å². The summed E-state index contributed by atoms with van der Waals surface area (Å²) in [5, 5.41) is 4.42. The number of thioether (sulfide) groups is 1. The standard InChI is InChI=1S/C24H28ClN3O4S/c1-15(2)13-28-23(30)18-12-17(25)6-7-19(18)27-24(28)33-14-22(29)26-10-9-16-5-8-20(31-3)21(11-16)32-4/h5-8,11-12,15H,9-10,13-14H2,1-4H3,(H,26,29). The molecule has 0 bridgehead atoms. The molecule has 176 valence electrons. The number of aromatic nitrogens is 2. The lowest BCUT2D eigenvalue weighted by atomic mass is 10.1. The summed E-state index contributed by atoms with van der Waals surface area (Å²) in [7, 11) is 3.19. The van der Waals surface area contributed by atoms with E-state index in [1.165, 1.54) is 11.8 Å². The Morgan fingerprint density at radius 2 is 1.91 bits per heavy atom. The third kappa shape index (κ3) is 6.42. The summed E-state index contributed by atoms with van der Waals surface area (Å²) in [6, 6.07) is 10.8. The van der Waals surface area contributed by atoms with Gasteiger partial charge in [0, 0.05) is 18.1 Å². The van der Waals surface area contributed by atoms with Gasteiger partial charge in [0.1, 0.15) is 0 Å². The number of hydrogen-bond donors (Lipinski definition) is 1. The third-order valence-electron chi connectivity index (χ3n) is 4.95. The van der Waals surface area contributed by atoms with E-state index in [2.05, 4.69) is 10.3 Å². The van der Waals surface area contributed by atoms with Crippen LogP contribution < -0.4 is 20.3 Å². The first-order valence-corrected chi connectivity index (χ1v) is 12.0. The van der Waals surface area contributed by atoms with Crippen molar-refractivity contribution < 1.29 is 14.3 Å². The normalized spacial score (nSPS) is 11.1. The first kappa shape index (κ1) is 24.9. The highest BCUT2D eigenvalue weighted by molar-refractivity contribution is 7.99. The third-order valence-corrected chi connectivity index (χ3v) is 6.16. The maximum absolute atomic E-state index is 13.0. The van der Waals surface area contributed by atoms with Crippen LogP contribution in [0, 0.1) is 5.92 Å². The van der Waals surface area contributed by atoms with Gasteiger partial charge in [-0.25, -0.2) is 4.98 Å². The molecular weight excluding hydrogens is 462 g/mol. The Labute approximate surface area is 202 Å². The number of rotatable bonds is 10. The molecule has 0 radical (unpaired) electrons. The molecule has 33 heavy (non-hydrogen) atoms. The maximum atomic E-state index is 13.0. The number of methoxy groups -OCH3 is 2. The number of fused-ring (bicyclic) bond motifs is 1. The van der Waals surface area contributed by atoms with Gasteiger partial charge in [-0.3, -0.25) is 14.2 Å². The van der Waals surface area contributed by atoms with E-state index in [-0.39, 0.29) is 23.1 Å². The van der Waals surface area contributed by atoms with Crippen LogP contribution in [0.5, 0.6) is 11.5 Å². The molecular formula is C24H28ClN3O4S. The topological polar surface area (TPSA) is 82.5 Å². The van der Waals surface area contributed by atoms with Gasteiger partial charge in [0.2, 0.25) is 5.91 Å². The number of halogens is 1. The highest BCUT2D eigenvalue weighted by atomic mass is 35.5. The van der Waals surface area contributed by atoms with Crippen molar-refractivity contribution in [3.8, 4) is 11.5 Å². The van der Waals surface area contributed by atoms with Crippen LogP contribution >= 0.6 is 23.4 Å². The molecule has 1 N–H and O–H groups in total. The van der Waals surface area contributed by atoms with Crippen molar-refractivity contribution in [1.29, 1.82) is 0 Å². The van der Waals surface area contributed by atoms with E-state index in [9.17, 15) is 9.59 Å². The number of carbonyl (C=O) groups is 1. The first-order chi connectivity index (χ1) is 15.8. The van der Waals surface area contributed by atoms with Gasteiger partial charge in [0.05, 0.1) is 30.9 Å². The zero-order valence-electron chi connectivity index (χ0n) is 19.2. The van der Waals surface area contributed by atoms with Crippen molar-refractivity contribution in [1.82, 2.24) is 14.9 Å². The van der Waals surface area contributed by atoms with Crippen LogP contribution in [0.2, 0.25) is 5.02 Å². The summed E-state index contributed by atoms with van der Waals surface area (Å²) in [5.74, 6) is 1.61. The van der Waals surface area contributed by atoms with Gasteiger partial charge in [-0.1, -0.05) is 43.3 Å². The number of nitrogens with zero attached hydrogens (tertiary/aromatic N) is 2. The Morgan fingerprint density at radius 1 is 1.15 bits per heavy atom. The zero-order chi connectivity index (χ0) is 24.0. The number of nitrogens with one attached hydrogen (secondary N) is 1. The lowest BCUT2D eigenvalue weighted by Crippen LogP contribution is -2.29. The molecule has 1 amide bonds. The number of ether oxygens (including phenoxy) is 2. The maximum Gasteiger partial charge on any atom is 0.262 e. The SMILES string of the molecule is COc1ccc(CCNC(=O)CSc2nc3ccc(Cl)cc3c(=O)n2CC(C)C)cc1OC. The highest BCUT2D eigenvalue weighted by Crippen LogP contribution is 2.27. The number of amides is 1. The lowest BCUT2D eigenvalue weighted by Gasteiger charge is -2.15. The Morgan fingerprint density at radius 3 is 2.61 bits per heavy atom. The zero-order valence-corrected chi connectivity index (χ0v) is 20.8. The fourth-order valence-corrected chi connectivity index (χ4v) is 4.38.